The van der Waals surface area contributed by atoms with Gasteiger partial charge in [-0.1, -0.05) is 65.2 Å². The lowest BCUT2D eigenvalue weighted by atomic mass is 10.2. The zero-order chi connectivity index (χ0) is 11.1. The molecule has 0 aliphatic carbocycles. The molecule has 0 nitrogen and oxygen atoms in total. The van der Waals surface area contributed by atoms with E-state index in [0.717, 1.165) is 0 Å². The average molecular weight is 608 g/mol. The van der Waals surface area contributed by atoms with Crippen LogP contribution in [0.4, 0.5) is 0 Å². The quantitative estimate of drug-likeness (QED) is 0.176. The van der Waals surface area contributed by atoms with Crippen LogP contribution in [0.15, 0.2) is 0 Å². The van der Waals surface area contributed by atoms with Gasteiger partial charge in [-0.25, -0.2) is 0 Å². The van der Waals surface area contributed by atoms with Gasteiger partial charge in [0, 0.05) is 0 Å². The van der Waals surface area contributed by atoms with Crippen molar-refractivity contribution in [1.29, 1.82) is 0 Å². The molecule has 0 saturated heterocycles. The standard InChI is InChI=1S/2C6H13.2Al.3HI/c2*1-3-5-6-4-2;;;;;/h2*1,3-6H2,2H3;;;3*1H. The summed E-state index contributed by atoms with van der Waals surface area (Å²) < 4.78 is 0. The van der Waals surface area contributed by atoms with Gasteiger partial charge >= 0.3 is 0 Å². The highest BCUT2D eigenvalue weighted by Crippen LogP contribution is 2.00. The molecule has 0 aromatic carbocycles. The van der Waals surface area contributed by atoms with E-state index in [-0.39, 0.29) is 71.9 Å². The fraction of sp³-hybridized carbons (Fsp3) is 1.00. The molecule has 0 N–H and O–H groups in total. The van der Waals surface area contributed by atoms with Crippen molar-refractivity contribution in [2.24, 2.45) is 0 Å². The molecule has 0 aromatic rings. The molecule has 0 spiro atoms. The van der Waals surface area contributed by atoms with Crippen LogP contribution in [-0.4, -0.2) is 32.6 Å². The van der Waals surface area contributed by atoms with Crippen molar-refractivity contribution in [3.05, 3.63) is 0 Å². The normalized spacial score (nSPS) is 7.65. The molecule has 0 saturated carbocycles. The predicted octanol–water partition coefficient (Wildman–Crippen LogP) is 6.16. The Kier molecular flexibility index (Phi) is 69.3. The molecule has 0 fully saturated rings. The predicted molar refractivity (Wildman–Crippen MR) is 116 cm³/mol. The van der Waals surface area contributed by atoms with E-state index in [4.69, 9.17) is 0 Å². The van der Waals surface area contributed by atoms with E-state index in [1.807, 2.05) is 0 Å². The lowest BCUT2D eigenvalue weighted by Crippen LogP contribution is -1.72. The second-order valence-electron chi connectivity index (χ2n) is 3.70. The van der Waals surface area contributed by atoms with Gasteiger partial charge in [-0.2, -0.15) is 0 Å². The molecular formula is C12H29Al2I3. The highest BCUT2D eigenvalue weighted by molar-refractivity contribution is 14.0. The van der Waals surface area contributed by atoms with Crippen LogP contribution in [0, 0.1) is 0 Å². The van der Waals surface area contributed by atoms with E-state index < -0.39 is 0 Å². The molecule has 0 rings (SSSR count). The minimum Gasteiger partial charge on any atom is -0.118 e. The summed E-state index contributed by atoms with van der Waals surface area (Å²) in [6.45, 7) is 4.48. The number of rotatable bonds is 8. The van der Waals surface area contributed by atoms with Gasteiger partial charge in [0.15, 0.2) is 0 Å². The Morgan fingerprint density at radius 2 is 0.824 bits per heavy atom. The van der Waals surface area contributed by atoms with Crippen LogP contribution < -0.4 is 0 Å². The maximum Gasteiger partial charge on any atom is 0.118 e. The van der Waals surface area contributed by atoms with Crippen LogP contribution in [0.5, 0.6) is 0 Å². The van der Waals surface area contributed by atoms with Gasteiger partial charge in [0.2, 0.25) is 0 Å². The molecule has 0 unspecified atom stereocenters. The zero-order valence-electron chi connectivity index (χ0n) is 11.5. The van der Waals surface area contributed by atoms with E-state index in [0.29, 0.717) is 0 Å². The van der Waals surface area contributed by atoms with Crippen molar-refractivity contribution in [3.63, 3.8) is 0 Å². The summed E-state index contributed by atoms with van der Waals surface area (Å²) >= 11 is 5.50. The number of hydrogen-bond acceptors (Lipinski definition) is 0. The van der Waals surface area contributed by atoms with E-state index in [1.165, 1.54) is 61.9 Å². The van der Waals surface area contributed by atoms with Gasteiger partial charge in [0.1, 0.15) is 32.6 Å². The molecule has 0 aliphatic rings. The van der Waals surface area contributed by atoms with Crippen LogP contribution in [0.2, 0.25) is 10.6 Å². The van der Waals surface area contributed by atoms with Crippen molar-refractivity contribution in [3.8, 4) is 0 Å². The summed E-state index contributed by atoms with van der Waals surface area (Å²) in [4.78, 5) is 0. The molecule has 17 heavy (non-hydrogen) atoms. The summed E-state index contributed by atoms with van der Waals surface area (Å²) in [5, 5.41) is 2.56. The SMILES string of the molecule is CCCCC[CH2][Al].CCCCC[CH2][Al].I.I.I. The van der Waals surface area contributed by atoms with Gasteiger partial charge in [-0.05, 0) is 0 Å². The van der Waals surface area contributed by atoms with Crippen LogP contribution >= 0.6 is 71.9 Å². The molecular weight excluding hydrogens is 579 g/mol. The summed E-state index contributed by atoms with van der Waals surface area (Å²) in [5.74, 6) is 0. The molecule has 4 radical (unpaired) electrons. The summed E-state index contributed by atoms with van der Waals surface area (Å²) in [6.07, 6.45) is 11.1. The van der Waals surface area contributed by atoms with E-state index in [9.17, 15) is 0 Å². The first-order valence-electron chi connectivity index (χ1n) is 6.23. The lowest BCUT2D eigenvalue weighted by Gasteiger charge is -1.91. The molecule has 104 valence electrons. The summed E-state index contributed by atoms with van der Waals surface area (Å²) in [5.41, 5.74) is 0. The Labute approximate surface area is 178 Å². The smallest absolute Gasteiger partial charge is 0.118 e. The topological polar surface area (TPSA) is 0 Å². The van der Waals surface area contributed by atoms with E-state index >= 15 is 0 Å². The first kappa shape index (κ1) is 32.3. The fourth-order valence-electron chi connectivity index (χ4n) is 1.14. The van der Waals surface area contributed by atoms with Gasteiger partial charge in [-0.3, -0.25) is 0 Å². The molecule has 0 aromatic heterocycles. The van der Waals surface area contributed by atoms with Crippen LogP contribution in [0.3, 0.4) is 0 Å². The number of hydrogen-bond donors (Lipinski definition) is 0. The first-order valence-corrected chi connectivity index (χ1v) is 7.86. The third-order valence-corrected chi connectivity index (χ3v) is 2.93. The maximum atomic E-state index is 2.75. The third kappa shape index (κ3) is 45.3. The largest absolute Gasteiger partial charge is 0.118 e. The van der Waals surface area contributed by atoms with Crippen molar-refractivity contribution < 1.29 is 0 Å². The van der Waals surface area contributed by atoms with Crippen molar-refractivity contribution in [2.45, 2.75) is 75.8 Å². The minimum atomic E-state index is 0. The summed E-state index contributed by atoms with van der Waals surface area (Å²) in [6, 6.07) is 0. The van der Waals surface area contributed by atoms with Gasteiger partial charge < -0.3 is 0 Å². The molecule has 0 aliphatic heterocycles. The minimum absolute atomic E-state index is 0. The average Bonchev–Trinajstić information content (AvgIpc) is 2.21. The Balaban J connectivity index is -0.0000000480. The van der Waals surface area contributed by atoms with Crippen molar-refractivity contribution in [2.75, 3.05) is 0 Å². The Morgan fingerprint density at radius 3 is 1.00 bits per heavy atom. The van der Waals surface area contributed by atoms with Gasteiger partial charge in [0.25, 0.3) is 0 Å². The first-order chi connectivity index (χ1) is 6.83. The summed E-state index contributed by atoms with van der Waals surface area (Å²) in [7, 11) is 0. The number of halogens is 3. The zero-order valence-corrected chi connectivity index (χ0v) is 20.8. The second-order valence-corrected chi connectivity index (χ2v) is 4.85. The lowest BCUT2D eigenvalue weighted by molar-refractivity contribution is 0.701. The number of unbranched alkanes of at least 4 members (excludes halogenated alkanes) is 6. The van der Waals surface area contributed by atoms with E-state index in [1.54, 1.807) is 0 Å². The Morgan fingerprint density at radius 1 is 0.529 bits per heavy atom. The monoisotopic (exact) mass is 608 g/mol. The molecule has 0 heterocycles. The molecule has 0 bridgehead atoms. The van der Waals surface area contributed by atoms with E-state index in [2.05, 4.69) is 46.4 Å². The second kappa shape index (κ2) is 36.5. The van der Waals surface area contributed by atoms with Crippen LogP contribution in [0.1, 0.15) is 65.2 Å². The molecule has 0 atom stereocenters. The maximum absolute atomic E-state index is 2.75. The molecule has 0 amide bonds. The van der Waals surface area contributed by atoms with Crippen molar-refractivity contribution in [1.82, 2.24) is 0 Å². The fourth-order valence-corrected chi connectivity index (χ4v) is 1.72. The van der Waals surface area contributed by atoms with Crippen LogP contribution in [0.25, 0.3) is 0 Å². The third-order valence-electron chi connectivity index (χ3n) is 2.12. The highest BCUT2D eigenvalue weighted by atomic mass is 127. The van der Waals surface area contributed by atoms with Gasteiger partial charge in [-0.15, -0.1) is 82.5 Å². The Bertz CT molecular complexity index is 68.2. The van der Waals surface area contributed by atoms with Gasteiger partial charge in [0.05, 0.1) is 0 Å². The molecule has 5 heteroatoms. The Hall–Kier alpha value is 3.25. The van der Waals surface area contributed by atoms with Crippen LogP contribution in [-0.2, 0) is 0 Å². The highest BCUT2D eigenvalue weighted by Gasteiger charge is 1.80. The van der Waals surface area contributed by atoms with Crippen molar-refractivity contribution >= 4 is 105 Å².